The van der Waals surface area contributed by atoms with Gasteiger partial charge in [0.15, 0.2) is 0 Å². The van der Waals surface area contributed by atoms with Crippen molar-refractivity contribution in [3.63, 3.8) is 0 Å². The molecule has 0 bridgehead atoms. The lowest BCUT2D eigenvalue weighted by Gasteiger charge is -2.13. The second-order valence-corrected chi connectivity index (χ2v) is 4.97. The predicted molar refractivity (Wildman–Crippen MR) is 88.1 cm³/mol. The monoisotopic (exact) mass is 302 g/mol. The molecule has 0 aliphatic carbocycles. The molecule has 0 amide bonds. The molecule has 6 nitrogen and oxygen atoms in total. The Kier molecular flexibility index (Phi) is 5.55. The van der Waals surface area contributed by atoms with Gasteiger partial charge in [0.25, 0.3) is 0 Å². The van der Waals surface area contributed by atoms with Crippen LogP contribution in [0.4, 0.5) is 17.5 Å². The van der Waals surface area contributed by atoms with E-state index in [0.29, 0.717) is 19.1 Å². The number of hydrogen-bond donors (Lipinski definition) is 2. The molecule has 0 spiro atoms. The third kappa shape index (κ3) is 4.33. The number of nitrogens with one attached hydrogen (secondary N) is 2. The molecule has 0 atom stereocenters. The lowest BCUT2D eigenvalue weighted by Crippen LogP contribution is -2.11. The first-order valence-electron chi connectivity index (χ1n) is 7.12. The van der Waals surface area contributed by atoms with Crippen LogP contribution in [-0.2, 0) is 4.74 Å². The maximum absolute atomic E-state index is 5.37. The van der Waals surface area contributed by atoms with Gasteiger partial charge in [-0.2, -0.15) is 4.98 Å². The Morgan fingerprint density at radius 2 is 1.91 bits per heavy atom. The third-order valence-corrected chi connectivity index (χ3v) is 3.06. The summed E-state index contributed by atoms with van der Waals surface area (Å²) in [5.41, 5.74) is 2.90. The van der Waals surface area contributed by atoms with Gasteiger partial charge in [0, 0.05) is 25.4 Å². The SMILES string of the molecule is COCCNc1nc(C)cc(Nc2cc(C)ccc2OC)n1. The molecule has 0 saturated heterocycles. The highest BCUT2D eigenvalue weighted by Crippen LogP contribution is 2.28. The Hall–Kier alpha value is -2.34. The van der Waals surface area contributed by atoms with Crippen LogP contribution >= 0.6 is 0 Å². The van der Waals surface area contributed by atoms with Crippen LogP contribution in [0.2, 0.25) is 0 Å². The van der Waals surface area contributed by atoms with E-state index >= 15 is 0 Å². The topological polar surface area (TPSA) is 68.3 Å². The number of ether oxygens (including phenoxy) is 2. The van der Waals surface area contributed by atoms with Gasteiger partial charge in [0.05, 0.1) is 19.4 Å². The van der Waals surface area contributed by atoms with Crippen molar-refractivity contribution in [1.29, 1.82) is 0 Å². The number of anilines is 3. The van der Waals surface area contributed by atoms with E-state index in [1.165, 1.54) is 0 Å². The van der Waals surface area contributed by atoms with Crippen molar-refractivity contribution < 1.29 is 9.47 Å². The van der Waals surface area contributed by atoms with E-state index in [4.69, 9.17) is 9.47 Å². The molecule has 0 aliphatic heterocycles. The molecule has 0 aliphatic rings. The molecule has 118 valence electrons. The van der Waals surface area contributed by atoms with E-state index in [-0.39, 0.29) is 0 Å². The molecule has 22 heavy (non-hydrogen) atoms. The van der Waals surface area contributed by atoms with Crippen LogP contribution in [0.5, 0.6) is 5.75 Å². The first kappa shape index (κ1) is 16.0. The largest absolute Gasteiger partial charge is 0.495 e. The third-order valence-electron chi connectivity index (χ3n) is 3.06. The van der Waals surface area contributed by atoms with Crippen molar-refractivity contribution in [2.45, 2.75) is 13.8 Å². The number of rotatable bonds is 7. The highest BCUT2D eigenvalue weighted by atomic mass is 16.5. The molecule has 1 heterocycles. The molecular formula is C16H22N4O2. The van der Waals surface area contributed by atoms with E-state index in [1.807, 2.05) is 38.1 Å². The van der Waals surface area contributed by atoms with Gasteiger partial charge in [-0.15, -0.1) is 0 Å². The summed E-state index contributed by atoms with van der Waals surface area (Å²) in [6.45, 7) is 5.23. The number of methoxy groups -OCH3 is 2. The standard InChI is InChI=1S/C16H22N4O2/c1-11-5-6-14(22-4)13(9-11)19-15-10-12(2)18-16(20-15)17-7-8-21-3/h5-6,9-10H,7-8H2,1-4H3,(H2,17,18,19,20). The van der Waals surface area contributed by atoms with Gasteiger partial charge in [-0.05, 0) is 31.5 Å². The summed E-state index contributed by atoms with van der Waals surface area (Å²) in [5.74, 6) is 2.07. The van der Waals surface area contributed by atoms with Crippen molar-refractivity contribution in [1.82, 2.24) is 9.97 Å². The minimum Gasteiger partial charge on any atom is -0.495 e. The average molecular weight is 302 g/mol. The summed E-state index contributed by atoms with van der Waals surface area (Å²) in [7, 11) is 3.31. The molecule has 6 heteroatoms. The summed E-state index contributed by atoms with van der Waals surface area (Å²) < 4.78 is 10.4. The lowest BCUT2D eigenvalue weighted by molar-refractivity contribution is 0.210. The minimum absolute atomic E-state index is 0.575. The lowest BCUT2D eigenvalue weighted by atomic mass is 10.2. The van der Waals surface area contributed by atoms with E-state index in [0.717, 1.165) is 28.5 Å². The van der Waals surface area contributed by atoms with Crippen LogP contribution in [0, 0.1) is 13.8 Å². The Bertz CT molecular complexity index is 632. The highest BCUT2D eigenvalue weighted by Gasteiger charge is 2.07. The van der Waals surface area contributed by atoms with Crippen LogP contribution in [0.15, 0.2) is 24.3 Å². The highest BCUT2D eigenvalue weighted by molar-refractivity contribution is 5.65. The predicted octanol–water partition coefficient (Wildman–Crippen LogP) is 2.90. The Morgan fingerprint density at radius 1 is 1.09 bits per heavy atom. The van der Waals surface area contributed by atoms with Gasteiger partial charge in [0.1, 0.15) is 11.6 Å². The van der Waals surface area contributed by atoms with E-state index in [2.05, 4.69) is 20.6 Å². The zero-order valence-corrected chi connectivity index (χ0v) is 13.4. The quantitative estimate of drug-likeness (QED) is 0.767. The second-order valence-electron chi connectivity index (χ2n) is 4.97. The molecule has 2 N–H and O–H groups in total. The maximum Gasteiger partial charge on any atom is 0.224 e. The molecule has 2 rings (SSSR count). The summed E-state index contributed by atoms with van der Waals surface area (Å²) in [6, 6.07) is 7.86. The minimum atomic E-state index is 0.575. The molecule has 0 unspecified atom stereocenters. The normalized spacial score (nSPS) is 10.4. The first-order valence-corrected chi connectivity index (χ1v) is 7.12. The number of aryl methyl sites for hydroxylation is 2. The average Bonchev–Trinajstić information content (AvgIpc) is 2.47. The molecule has 2 aromatic rings. The van der Waals surface area contributed by atoms with Crippen molar-refractivity contribution in [2.75, 3.05) is 38.0 Å². The van der Waals surface area contributed by atoms with Gasteiger partial charge in [-0.3, -0.25) is 0 Å². The van der Waals surface area contributed by atoms with Gasteiger partial charge < -0.3 is 20.1 Å². The summed E-state index contributed by atoms with van der Waals surface area (Å²) in [6.07, 6.45) is 0. The molecular weight excluding hydrogens is 280 g/mol. The van der Waals surface area contributed by atoms with Crippen LogP contribution < -0.4 is 15.4 Å². The van der Waals surface area contributed by atoms with E-state index in [9.17, 15) is 0 Å². The van der Waals surface area contributed by atoms with Crippen molar-refractivity contribution >= 4 is 17.5 Å². The molecule has 0 fully saturated rings. The number of aromatic nitrogens is 2. The molecule has 0 radical (unpaired) electrons. The zero-order valence-electron chi connectivity index (χ0n) is 13.4. The number of benzene rings is 1. The second kappa shape index (κ2) is 7.61. The van der Waals surface area contributed by atoms with Crippen molar-refractivity contribution in [3.05, 3.63) is 35.5 Å². The van der Waals surface area contributed by atoms with Gasteiger partial charge >= 0.3 is 0 Å². The van der Waals surface area contributed by atoms with Crippen molar-refractivity contribution in [2.24, 2.45) is 0 Å². The molecule has 1 aromatic heterocycles. The van der Waals surface area contributed by atoms with Crippen LogP contribution in [0.3, 0.4) is 0 Å². The van der Waals surface area contributed by atoms with E-state index < -0.39 is 0 Å². The first-order chi connectivity index (χ1) is 10.6. The van der Waals surface area contributed by atoms with Gasteiger partial charge in [-0.25, -0.2) is 4.98 Å². The maximum atomic E-state index is 5.37. The molecule has 0 saturated carbocycles. The van der Waals surface area contributed by atoms with Gasteiger partial charge in [-0.1, -0.05) is 6.07 Å². The Balaban J connectivity index is 2.20. The zero-order chi connectivity index (χ0) is 15.9. The van der Waals surface area contributed by atoms with Crippen LogP contribution in [0.1, 0.15) is 11.3 Å². The summed E-state index contributed by atoms with van der Waals surface area (Å²) >= 11 is 0. The summed E-state index contributed by atoms with van der Waals surface area (Å²) in [4.78, 5) is 8.82. The molecule has 1 aromatic carbocycles. The smallest absolute Gasteiger partial charge is 0.224 e. The van der Waals surface area contributed by atoms with Crippen molar-refractivity contribution in [3.8, 4) is 5.75 Å². The fraction of sp³-hybridized carbons (Fsp3) is 0.375. The van der Waals surface area contributed by atoms with Crippen LogP contribution in [0.25, 0.3) is 0 Å². The van der Waals surface area contributed by atoms with Crippen LogP contribution in [-0.4, -0.2) is 37.3 Å². The number of nitrogens with zero attached hydrogens (tertiary/aromatic N) is 2. The summed E-state index contributed by atoms with van der Waals surface area (Å²) in [5, 5.41) is 6.42. The fourth-order valence-electron chi connectivity index (χ4n) is 2.03. The Labute approximate surface area is 130 Å². The Morgan fingerprint density at radius 3 is 2.64 bits per heavy atom. The van der Waals surface area contributed by atoms with Gasteiger partial charge in [0.2, 0.25) is 5.95 Å². The van der Waals surface area contributed by atoms with E-state index in [1.54, 1.807) is 14.2 Å². The number of hydrogen-bond acceptors (Lipinski definition) is 6. The fourth-order valence-corrected chi connectivity index (χ4v) is 2.03.